The van der Waals surface area contributed by atoms with Crippen molar-refractivity contribution in [3.8, 4) is 0 Å². The standard InChI is InChI=1S/C9H14N2O11P2/c1-4-7(21-24(18,19)22-23(15,16)17)6(13)8(20-4)11-3-2-5(12)10-9(11)14/h2-4,6-8,13H,1H3,(H,18,19)(H,10,12,14)(H2,15,16,17)/t4-,6-,7-,8-/m1/s1. The summed E-state index contributed by atoms with van der Waals surface area (Å²) in [6, 6.07) is 0.990. The zero-order chi connectivity index (χ0) is 18.3. The molecule has 1 aromatic heterocycles. The van der Waals surface area contributed by atoms with E-state index in [-0.39, 0.29) is 0 Å². The van der Waals surface area contributed by atoms with Crippen LogP contribution < -0.4 is 11.2 Å². The van der Waals surface area contributed by atoms with Gasteiger partial charge in [-0.25, -0.2) is 13.9 Å². The Balaban J connectivity index is 2.23. The van der Waals surface area contributed by atoms with Gasteiger partial charge in [0.05, 0.1) is 6.10 Å². The second-order valence-corrected chi connectivity index (χ2v) is 7.63. The Morgan fingerprint density at radius 3 is 2.46 bits per heavy atom. The summed E-state index contributed by atoms with van der Waals surface area (Å²) in [6.45, 7) is 1.32. The molecule has 24 heavy (non-hydrogen) atoms. The number of aromatic nitrogens is 2. The van der Waals surface area contributed by atoms with Crippen LogP contribution in [0.25, 0.3) is 0 Å². The van der Waals surface area contributed by atoms with Crippen molar-refractivity contribution in [3.63, 3.8) is 0 Å². The molecule has 13 nitrogen and oxygen atoms in total. The number of aromatic amines is 1. The first kappa shape index (κ1) is 19.2. The van der Waals surface area contributed by atoms with Crippen molar-refractivity contribution in [3.05, 3.63) is 33.1 Å². The van der Waals surface area contributed by atoms with Gasteiger partial charge < -0.3 is 24.5 Å². The van der Waals surface area contributed by atoms with Gasteiger partial charge >= 0.3 is 21.3 Å². The molecule has 1 aromatic rings. The van der Waals surface area contributed by atoms with Crippen LogP contribution in [0.2, 0.25) is 0 Å². The molecule has 5 N–H and O–H groups in total. The van der Waals surface area contributed by atoms with E-state index in [0.29, 0.717) is 0 Å². The van der Waals surface area contributed by atoms with Crippen molar-refractivity contribution in [2.75, 3.05) is 0 Å². The molecule has 1 fully saturated rings. The van der Waals surface area contributed by atoms with Gasteiger partial charge in [-0.1, -0.05) is 0 Å². The molecule has 136 valence electrons. The molecule has 15 heteroatoms. The lowest BCUT2D eigenvalue weighted by molar-refractivity contribution is -0.0351. The van der Waals surface area contributed by atoms with Crippen LogP contribution in [0.3, 0.4) is 0 Å². The third kappa shape index (κ3) is 4.48. The van der Waals surface area contributed by atoms with Gasteiger partial charge in [0.25, 0.3) is 5.56 Å². The Hall–Kier alpha value is -1.14. The predicted octanol–water partition coefficient (Wildman–Crippen LogP) is -1.59. The third-order valence-corrected chi connectivity index (χ3v) is 5.22. The topological polar surface area (TPSA) is 198 Å². The first-order valence-electron chi connectivity index (χ1n) is 6.33. The highest BCUT2D eigenvalue weighted by Crippen LogP contribution is 2.59. The maximum absolute atomic E-state index is 11.7. The molecular formula is C9H14N2O11P2. The zero-order valence-corrected chi connectivity index (χ0v) is 13.7. The third-order valence-electron chi connectivity index (χ3n) is 3.04. The van der Waals surface area contributed by atoms with E-state index in [9.17, 15) is 28.7 Å². The summed E-state index contributed by atoms with van der Waals surface area (Å²) in [7, 11) is -10.5. The molecule has 0 aromatic carbocycles. The van der Waals surface area contributed by atoms with Crippen molar-refractivity contribution >= 4 is 15.6 Å². The molecule has 0 radical (unpaired) electrons. The number of phosphoric acid groups is 2. The highest BCUT2D eigenvalue weighted by Gasteiger charge is 2.48. The minimum Gasteiger partial charge on any atom is -0.386 e. The molecule has 0 aliphatic carbocycles. The number of H-pyrrole nitrogens is 1. The molecule has 2 rings (SSSR count). The smallest absolute Gasteiger partial charge is 0.386 e. The van der Waals surface area contributed by atoms with Crippen LogP contribution in [0.15, 0.2) is 21.9 Å². The number of ether oxygens (including phenoxy) is 1. The highest BCUT2D eigenvalue weighted by atomic mass is 31.3. The van der Waals surface area contributed by atoms with Crippen LogP contribution in [0.5, 0.6) is 0 Å². The van der Waals surface area contributed by atoms with Crippen molar-refractivity contribution < 1.29 is 42.5 Å². The number of aliphatic hydroxyl groups excluding tert-OH is 1. The van der Waals surface area contributed by atoms with Crippen molar-refractivity contribution in [1.82, 2.24) is 9.55 Å². The summed E-state index contributed by atoms with van der Waals surface area (Å²) >= 11 is 0. The van der Waals surface area contributed by atoms with E-state index < -0.39 is 51.4 Å². The van der Waals surface area contributed by atoms with Gasteiger partial charge in [-0.05, 0) is 6.92 Å². The zero-order valence-electron chi connectivity index (χ0n) is 12.0. The van der Waals surface area contributed by atoms with E-state index in [2.05, 4.69) is 8.83 Å². The van der Waals surface area contributed by atoms with Gasteiger partial charge in [0.1, 0.15) is 12.2 Å². The minimum absolute atomic E-state index is 0.681. The largest absolute Gasteiger partial charge is 0.481 e. The van der Waals surface area contributed by atoms with Crippen LogP contribution in [-0.4, -0.2) is 47.6 Å². The lowest BCUT2D eigenvalue weighted by Crippen LogP contribution is -2.38. The average molecular weight is 388 g/mol. The Labute approximate surface area is 133 Å². The van der Waals surface area contributed by atoms with Crippen LogP contribution in [-0.2, 0) is 22.7 Å². The Morgan fingerprint density at radius 1 is 1.29 bits per heavy atom. The molecule has 1 aliphatic rings. The maximum atomic E-state index is 11.7. The summed E-state index contributed by atoms with van der Waals surface area (Å²) in [5, 5.41) is 10.1. The van der Waals surface area contributed by atoms with Crippen molar-refractivity contribution in [2.45, 2.75) is 31.5 Å². The fraction of sp³-hybridized carbons (Fsp3) is 0.556. The van der Waals surface area contributed by atoms with E-state index in [4.69, 9.17) is 14.5 Å². The molecule has 1 aliphatic heterocycles. The fourth-order valence-corrected chi connectivity index (χ4v) is 3.96. The second-order valence-electron chi connectivity index (χ2n) is 4.85. The predicted molar refractivity (Wildman–Crippen MR) is 74.7 cm³/mol. The van der Waals surface area contributed by atoms with E-state index in [1.54, 1.807) is 0 Å². The molecule has 1 saturated heterocycles. The lowest BCUT2D eigenvalue weighted by atomic mass is 10.1. The van der Waals surface area contributed by atoms with E-state index >= 15 is 0 Å². The summed E-state index contributed by atoms with van der Waals surface area (Å²) < 4.78 is 36.5. The molecule has 0 saturated carbocycles. The number of hydrogen-bond donors (Lipinski definition) is 5. The molecule has 0 bridgehead atoms. The number of aliphatic hydroxyl groups is 1. The van der Waals surface area contributed by atoms with Crippen LogP contribution in [0.4, 0.5) is 0 Å². The molecular weight excluding hydrogens is 374 g/mol. The van der Waals surface area contributed by atoms with Crippen molar-refractivity contribution in [2.24, 2.45) is 0 Å². The monoisotopic (exact) mass is 388 g/mol. The van der Waals surface area contributed by atoms with Crippen LogP contribution >= 0.6 is 15.6 Å². The number of nitrogens with zero attached hydrogens (tertiary/aromatic N) is 1. The van der Waals surface area contributed by atoms with Crippen LogP contribution in [0, 0.1) is 0 Å². The summed E-state index contributed by atoms with van der Waals surface area (Å²) in [6.07, 6.45) is -4.61. The summed E-state index contributed by atoms with van der Waals surface area (Å²) in [5.74, 6) is 0. The normalized spacial score (nSPS) is 30.2. The van der Waals surface area contributed by atoms with Gasteiger partial charge in [-0.15, -0.1) is 0 Å². The first-order valence-corrected chi connectivity index (χ1v) is 9.35. The fourth-order valence-electron chi connectivity index (χ4n) is 2.13. The first-order chi connectivity index (χ1) is 10.9. The molecule has 2 heterocycles. The SMILES string of the molecule is C[C@H]1O[C@@H](n2ccc(=O)[nH]c2=O)[C@H](O)[C@@H]1OP(=O)(O)OP(=O)(O)O. The Kier molecular flexibility index (Phi) is 5.31. The maximum Gasteiger partial charge on any atom is 0.481 e. The van der Waals surface area contributed by atoms with Gasteiger partial charge in [0.2, 0.25) is 0 Å². The Morgan fingerprint density at radius 2 is 1.92 bits per heavy atom. The molecule has 1 unspecified atom stereocenters. The summed E-state index contributed by atoms with van der Waals surface area (Å²) in [4.78, 5) is 51.1. The number of hydrogen-bond acceptors (Lipinski definition) is 8. The molecule has 0 spiro atoms. The highest BCUT2D eigenvalue weighted by molar-refractivity contribution is 7.60. The van der Waals surface area contributed by atoms with E-state index in [1.165, 1.54) is 6.92 Å². The number of rotatable bonds is 5. The lowest BCUT2D eigenvalue weighted by Gasteiger charge is -2.21. The molecule has 5 atom stereocenters. The van der Waals surface area contributed by atoms with Gasteiger partial charge in [-0.2, -0.15) is 4.31 Å². The van der Waals surface area contributed by atoms with Crippen LogP contribution in [0.1, 0.15) is 13.2 Å². The quantitative estimate of drug-likeness (QED) is 0.364. The van der Waals surface area contributed by atoms with Crippen molar-refractivity contribution in [1.29, 1.82) is 0 Å². The second kappa shape index (κ2) is 6.64. The Bertz CT molecular complexity index is 812. The molecule has 0 amide bonds. The van der Waals surface area contributed by atoms with Gasteiger partial charge in [0, 0.05) is 12.3 Å². The van der Waals surface area contributed by atoms with Gasteiger partial charge in [-0.3, -0.25) is 18.9 Å². The van der Waals surface area contributed by atoms with E-state index in [1.807, 2.05) is 4.98 Å². The number of phosphoric ester groups is 1. The minimum atomic E-state index is -5.33. The summed E-state index contributed by atoms with van der Waals surface area (Å²) in [5.41, 5.74) is -1.59. The van der Waals surface area contributed by atoms with E-state index in [0.717, 1.165) is 16.8 Å². The average Bonchev–Trinajstić information content (AvgIpc) is 2.63. The number of nitrogens with one attached hydrogen (secondary N) is 1. The van der Waals surface area contributed by atoms with Gasteiger partial charge in [0.15, 0.2) is 6.23 Å².